The van der Waals surface area contributed by atoms with Crippen LogP contribution in [0.25, 0.3) is 10.9 Å². The van der Waals surface area contributed by atoms with E-state index in [0.29, 0.717) is 5.56 Å². The van der Waals surface area contributed by atoms with E-state index in [1.165, 1.54) is 0 Å². The number of rotatable bonds is 2. The Morgan fingerprint density at radius 2 is 1.74 bits per heavy atom. The molecular weight excluding hydrogens is 240 g/mol. The molecule has 0 spiro atoms. The summed E-state index contributed by atoms with van der Waals surface area (Å²) in [5.74, 6) is -1.54. The van der Waals surface area contributed by atoms with E-state index in [-0.39, 0.29) is 0 Å². The lowest BCUT2D eigenvalue weighted by atomic mass is 10.0. The Morgan fingerprint density at radius 3 is 2.26 bits per heavy atom. The van der Waals surface area contributed by atoms with Crippen molar-refractivity contribution in [2.45, 2.75) is 27.7 Å². The number of Topliss-reactive ketones (excluding diaryl/α,β-unsaturated/α-hetero) is 1. The zero-order valence-corrected chi connectivity index (χ0v) is 12.1. The Kier molecular flexibility index (Phi) is 4.48. The quantitative estimate of drug-likeness (QED) is 0.666. The topological polar surface area (TPSA) is 65.1 Å². The summed E-state index contributed by atoms with van der Waals surface area (Å²) in [5.41, 5.74) is 8.18. The number of ketones is 1. The Hall–Kier alpha value is -2.10. The Morgan fingerprint density at radius 1 is 1.16 bits per heavy atom. The van der Waals surface area contributed by atoms with Gasteiger partial charge in [-0.2, -0.15) is 0 Å². The lowest BCUT2D eigenvalue weighted by Gasteiger charge is -1.99. The van der Waals surface area contributed by atoms with Gasteiger partial charge in [-0.3, -0.25) is 9.59 Å². The molecule has 1 amide bonds. The maximum Gasteiger partial charge on any atom is 0.289 e. The molecule has 4 nitrogen and oxygen atoms in total. The number of hydrogen-bond donors (Lipinski definition) is 1. The first kappa shape index (κ1) is 15.0. The summed E-state index contributed by atoms with van der Waals surface area (Å²) in [6.45, 7) is 7.73. The fourth-order valence-electron chi connectivity index (χ4n) is 2.19. The fourth-order valence-corrected chi connectivity index (χ4v) is 2.19. The van der Waals surface area contributed by atoms with Gasteiger partial charge in [0, 0.05) is 23.6 Å². The Bertz CT molecular complexity index is 639. The van der Waals surface area contributed by atoms with Gasteiger partial charge >= 0.3 is 0 Å². The molecule has 0 radical (unpaired) electrons. The van der Waals surface area contributed by atoms with E-state index >= 15 is 0 Å². The number of nitrogens with two attached hydrogens (primary N) is 1. The van der Waals surface area contributed by atoms with Crippen LogP contribution in [0, 0.1) is 13.8 Å². The first-order valence-electron chi connectivity index (χ1n) is 6.34. The molecule has 0 aliphatic rings. The largest absolute Gasteiger partial charge is 0.363 e. The summed E-state index contributed by atoms with van der Waals surface area (Å²) in [6, 6.07) is 5.77. The first-order chi connectivity index (χ1) is 8.95. The minimum atomic E-state index is -0.913. The number of aromatic nitrogens is 1. The third kappa shape index (κ3) is 2.38. The van der Waals surface area contributed by atoms with E-state index in [0.717, 1.165) is 22.2 Å². The normalized spacial score (nSPS) is 9.95. The molecule has 19 heavy (non-hydrogen) atoms. The molecule has 2 N–H and O–H groups in total. The van der Waals surface area contributed by atoms with E-state index in [2.05, 4.69) is 0 Å². The zero-order chi connectivity index (χ0) is 14.7. The Labute approximate surface area is 113 Å². The highest BCUT2D eigenvalue weighted by molar-refractivity contribution is 6.45. The molecule has 0 bridgehead atoms. The van der Waals surface area contributed by atoms with Crippen LogP contribution in [0.2, 0.25) is 0 Å². The highest BCUT2D eigenvalue weighted by Crippen LogP contribution is 2.28. The number of nitrogens with zero attached hydrogens (tertiary/aromatic N) is 1. The predicted molar refractivity (Wildman–Crippen MR) is 77.3 cm³/mol. The molecule has 2 rings (SSSR count). The van der Waals surface area contributed by atoms with Crippen molar-refractivity contribution in [1.82, 2.24) is 4.57 Å². The summed E-state index contributed by atoms with van der Waals surface area (Å²) >= 11 is 0. The van der Waals surface area contributed by atoms with Crippen LogP contribution in [-0.2, 0) is 11.8 Å². The van der Waals surface area contributed by atoms with Crippen molar-refractivity contribution in [3.63, 3.8) is 0 Å². The summed E-state index contributed by atoms with van der Waals surface area (Å²) in [7, 11) is 1.87. The zero-order valence-electron chi connectivity index (χ0n) is 12.1. The average molecular weight is 260 g/mol. The maximum absolute atomic E-state index is 11.9. The van der Waals surface area contributed by atoms with Crippen LogP contribution in [0.4, 0.5) is 0 Å². The van der Waals surface area contributed by atoms with E-state index < -0.39 is 11.7 Å². The number of carbonyl (C=O) groups excluding carboxylic acids is 2. The summed E-state index contributed by atoms with van der Waals surface area (Å²) in [4.78, 5) is 22.9. The van der Waals surface area contributed by atoms with Crippen LogP contribution in [-0.4, -0.2) is 16.3 Å². The number of carbonyl (C=O) groups is 2. The van der Waals surface area contributed by atoms with Crippen LogP contribution in [0.1, 0.15) is 35.5 Å². The van der Waals surface area contributed by atoms with Gasteiger partial charge in [-0.1, -0.05) is 26.0 Å². The van der Waals surface area contributed by atoms with Gasteiger partial charge in [0.2, 0.25) is 0 Å². The van der Waals surface area contributed by atoms with Crippen LogP contribution in [0.5, 0.6) is 0 Å². The summed E-state index contributed by atoms with van der Waals surface area (Å²) in [5, 5.41) is 0.816. The molecule has 1 aromatic heterocycles. The van der Waals surface area contributed by atoms with Gasteiger partial charge in [0.15, 0.2) is 0 Å². The van der Waals surface area contributed by atoms with Crippen molar-refractivity contribution in [2.75, 3.05) is 0 Å². The molecular formula is C15H20N2O2. The number of hydrogen-bond acceptors (Lipinski definition) is 2. The highest BCUT2D eigenvalue weighted by atomic mass is 16.2. The van der Waals surface area contributed by atoms with Crippen molar-refractivity contribution >= 4 is 22.6 Å². The van der Waals surface area contributed by atoms with Crippen molar-refractivity contribution < 1.29 is 9.59 Å². The lowest BCUT2D eigenvalue weighted by molar-refractivity contribution is -0.114. The molecule has 0 fully saturated rings. The van der Waals surface area contributed by atoms with Crippen LogP contribution >= 0.6 is 0 Å². The van der Waals surface area contributed by atoms with Gasteiger partial charge < -0.3 is 10.3 Å². The van der Waals surface area contributed by atoms with E-state index in [1.54, 1.807) is 0 Å². The number of amides is 1. The molecule has 4 heteroatoms. The predicted octanol–water partition coefficient (Wildman–Crippen LogP) is 2.49. The third-order valence-electron chi connectivity index (χ3n) is 3.18. The number of fused-ring (bicyclic) bond motifs is 1. The minimum absolute atomic E-state index is 0.424. The molecule has 0 unspecified atom stereocenters. The summed E-state index contributed by atoms with van der Waals surface area (Å²) < 4.78 is 1.90. The maximum atomic E-state index is 11.9. The van der Waals surface area contributed by atoms with Gasteiger partial charge in [-0.15, -0.1) is 0 Å². The van der Waals surface area contributed by atoms with Gasteiger partial charge in [-0.05, 0) is 25.5 Å². The minimum Gasteiger partial charge on any atom is -0.363 e. The first-order valence-corrected chi connectivity index (χ1v) is 6.34. The van der Waals surface area contributed by atoms with Gasteiger partial charge in [-0.25, -0.2) is 0 Å². The SMILES string of the molecule is CC.Cc1cccc2c1c(C(=O)C(N)=O)c(C)n2C. The molecule has 0 aliphatic carbocycles. The van der Waals surface area contributed by atoms with E-state index in [1.807, 2.05) is 57.5 Å². The number of primary amides is 1. The lowest BCUT2D eigenvalue weighted by Crippen LogP contribution is -2.23. The van der Waals surface area contributed by atoms with Gasteiger partial charge in [0.05, 0.1) is 5.56 Å². The van der Waals surface area contributed by atoms with Crippen molar-refractivity contribution in [1.29, 1.82) is 0 Å². The highest BCUT2D eigenvalue weighted by Gasteiger charge is 2.22. The van der Waals surface area contributed by atoms with Crippen LogP contribution < -0.4 is 5.73 Å². The molecule has 0 saturated carbocycles. The van der Waals surface area contributed by atoms with Crippen molar-refractivity contribution in [2.24, 2.45) is 12.8 Å². The molecule has 2 aromatic rings. The van der Waals surface area contributed by atoms with Gasteiger partial charge in [0.25, 0.3) is 11.7 Å². The second-order valence-electron chi connectivity index (χ2n) is 4.18. The number of benzene rings is 1. The second kappa shape index (κ2) is 5.69. The number of aryl methyl sites for hydroxylation is 2. The molecule has 1 heterocycles. The van der Waals surface area contributed by atoms with Gasteiger partial charge in [0.1, 0.15) is 0 Å². The van der Waals surface area contributed by atoms with E-state index in [4.69, 9.17) is 5.73 Å². The van der Waals surface area contributed by atoms with E-state index in [9.17, 15) is 9.59 Å². The Balaban J connectivity index is 0.000000861. The van der Waals surface area contributed by atoms with Crippen molar-refractivity contribution in [3.05, 3.63) is 35.0 Å². The van der Waals surface area contributed by atoms with Crippen LogP contribution in [0.15, 0.2) is 18.2 Å². The summed E-state index contributed by atoms with van der Waals surface area (Å²) in [6.07, 6.45) is 0. The smallest absolute Gasteiger partial charge is 0.289 e. The second-order valence-corrected chi connectivity index (χ2v) is 4.18. The molecule has 102 valence electrons. The molecule has 0 atom stereocenters. The van der Waals surface area contributed by atoms with Crippen LogP contribution in [0.3, 0.4) is 0 Å². The third-order valence-corrected chi connectivity index (χ3v) is 3.18. The standard InChI is InChI=1S/C13H14N2O2.C2H6/c1-7-5-4-6-9-10(7)11(8(2)15(9)3)12(16)13(14)17;1-2/h4-6H,1-3H3,(H2,14,17);1-2H3. The molecule has 0 saturated heterocycles. The average Bonchev–Trinajstić information content (AvgIpc) is 2.66. The van der Waals surface area contributed by atoms with Crippen molar-refractivity contribution in [3.8, 4) is 0 Å². The fraction of sp³-hybridized carbons (Fsp3) is 0.333. The molecule has 1 aromatic carbocycles. The monoisotopic (exact) mass is 260 g/mol. The molecule has 0 aliphatic heterocycles.